The van der Waals surface area contributed by atoms with Gasteiger partial charge >= 0.3 is 6.09 Å². The number of anilines is 1. The molecule has 0 bridgehead atoms. The maximum atomic E-state index is 12.3. The summed E-state index contributed by atoms with van der Waals surface area (Å²) in [4.78, 5) is 17.3. The molecule has 2 heterocycles. The van der Waals surface area contributed by atoms with Gasteiger partial charge in [0.2, 0.25) is 0 Å². The van der Waals surface area contributed by atoms with Crippen LogP contribution in [0.2, 0.25) is 5.02 Å². The van der Waals surface area contributed by atoms with Gasteiger partial charge in [0, 0.05) is 36.4 Å². The largest absolute Gasteiger partial charge is 0.417 e. The normalized spacial score (nSPS) is 18.6. The Morgan fingerprint density at radius 1 is 1.13 bits per heavy atom. The zero-order valence-corrected chi connectivity index (χ0v) is 18.7. The number of piperidine rings is 1. The lowest BCUT2D eigenvalue weighted by molar-refractivity contribution is 0.000218. The third-order valence-electron chi connectivity index (χ3n) is 6.17. The van der Waals surface area contributed by atoms with E-state index in [9.17, 15) is 4.79 Å². The number of carbonyl (C=O) groups is 1. The van der Waals surface area contributed by atoms with E-state index >= 15 is 0 Å². The number of likely N-dealkylation sites (tertiary alicyclic amines) is 1. The standard InChI is InChI=1S/C24H30ClN3O3/c1-18-19(17-27-9-7-21(8-10-27)28-11-13-30-14-12-28)15-20(16-23(18)25)26-24(29)31-22-5-3-2-4-6-22/h2-6,15-16,21H,7-14,17H2,1H3,(H,26,29). The van der Waals surface area contributed by atoms with Crippen LogP contribution in [0.25, 0.3) is 0 Å². The van der Waals surface area contributed by atoms with E-state index in [1.54, 1.807) is 18.2 Å². The van der Waals surface area contributed by atoms with Gasteiger partial charge in [-0.2, -0.15) is 0 Å². The van der Waals surface area contributed by atoms with Gasteiger partial charge in [-0.3, -0.25) is 15.1 Å². The van der Waals surface area contributed by atoms with Crippen LogP contribution >= 0.6 is 11.6 Å². The lowest BCUT2D eigenvalue weighted by Gasteiger charge is -2.40. The number of benzene rings is 2. The van der Waals surface area contributed by atoms with E-state index in [1.807, 2.05) is 31.2 Å². The molecule has 7 heteroatoms. The highest BCUT2D eigenvalue weighted by Gasteiger charge is 2.26. The first-order valence-corrected chi connectivity index (χ1v) is 11.3. The Kier molecular flexibility index (Phi) is 7.45. The molecule has 2 fully saturated rings. The molecular formula is C24H30ClN3O3. The SMILES string of the molecule is Cc1c(Cl)cc(NC(=O)Oc2ccccc2)cc1CN1CCC(N2CCOCC2)CC1. The van der Waals surface area contributed by atoms with Crippen LogP contribution in [0.5, 0.6) is 5.75 Å². The molecule has 1 N–H and O–H groups in total. The molecule has 1 amide bonds. The van der Waals surface area contributed by atoms with Gasteiger partial charge in [-0.1, -0.05) is 29.8 Å². The van der Waals surface area contributed by atoms with E-state index in [1.165, 1.54) is 12.8 Å². The zero-order valence-electron chi connectivity index (χ0n) is 18.0. The van der Waals surface area contributed by atoms with Gasteiger partial charge in [0.1, 0.15) is 5.75 Å². The molecule has 0 spiro atoms. The Bertz CT molecular complexity index is 879. The van der Waals surface area contributed by atoms with Crippen molar-refractivity contribution in [2.24, 2.45) is 0 Å². The second kappa shape index (κ2) is 10.5. The van der Waals surface area contributed by atoms with E-state index in [4.69, 9.17) is 21.1 Å². The molecule has 2 aliphatic heterocycles. The van der Waals surface area contributed by atoms with Crippen molar-refractivity contribution in [2.45, 2.75) is 32.4 Å². The minimum atomic E-state index is -0.525. The van der Waals surface area contributed by atoms with Gasteiger partial charge in [0.05, 0.1) is 13.2 Å². The number of rotatable bonds is 5. The lowest BCUT2D eigenvalue weighted by atomic mass is 10.0. The summed E-state index contributed by atoms with van der Waals surface area (Å²) < 4.78 is 10.8. The minimum absolute atomic E-state index is 0.501. The molecule has 2 aromatic carbocycles. The number of nitrogens with one attached hydrogen (secondary N) is 1. The molecule has 0 atom stereocenters. The van der Waals surface area contributed by atoms with Crippen LogP contribution in [0, 0.1) is 6.92 Å². The van der Waals surface area contributed by atoms with Crippen LogP contribution in [0.3, 0.4) is 0 Å². The van der Waals surface area contributed by atoms with Gasteiger partial charge in [-0.25, -0.2) is 4.79 Å². The molecule has 2 aliphatic rings. The molecule has 0 aliphatic carbocycles. The number of carbonyl (C=O) groups excluding carboxylic acids is 1. The van der Waals surface area contributed by atoms with E-state index in [0.717, 1.165) is 57.1 Å². The highest BCUT2D eigenvalue weighted by Crippen LogP contribution is 2.27. The first-order chi connectivity index (χ1) is 15.1. The van der Waals surface area contributed by atoms with Gasteiger partial charge < -0.3 is 9.47 Å². The first-order valence-electron chi connectivity index (χ1n) is 11.0. The van der Waals surface area contributed by atoms with Crippen molar-refractivity contribution >= 4 is 23.4 Å². The van der Waals surface area contributed by atoms with Crippen molar-refractivity contribution in [1.29, 1.82) is 0 Å². The molecule has 0 saturated carbocycles. The second-order valence-electron chi connectivity index (χ2n) is 8.23. The molecule has 6 nitrogen and oxygen atoms in total. The number of hydrogen-bond donors (Lipinski definition) is 1. The minimum Gasteiger partial charge on any atom is -0.410 e. The Labute approximate surface area is 189 Å². The molecule has 4 rings (SSSR count). The van der Waals surface area contributed by atoms with Crippen molar-refractivity contribution in [3.63, 3.8) is 0 Å². The number of nitrogens with zero attached hydrogens (tertiary/aromatic N) is 2. The summed E-state index contributed by atoms with van der Waals surface area (Å²) in [6.45, 7) is 8.78. The van der Waals surface area contributed by atoms with Gasteiger partial charge in [0.25, 0.3) is 0 Å². The highest BCUT2D eigenvalue weighted by atomic mass is 35.5. The number of morpholine rings is 1. The van der Waals surface area contributed by atoms with Crippen molar-refractivity contribution in [2.75, 3.05) is 44.7 Å². The zero-order chi connectivity index (χ0) is 21.6. The molecule has 2 saturated heterocycles. The molecule has 166 valence electrons. The summed E-state index contributed by atoms with van der Waals surface area (Å²) in [5.41, 5.74) is 2.83. The van der Waals surface area contributed by atoms with Crippen molar-refractivity contribution in [1.82, 2.24) is 9.80 Å². The maximum Gasteiger partial charge on any atom is 0.417 e. The number of ether oxygens (including phenoxy) is 2. The number of para-hydroxylation sites is 1. The van der Waals surface area contributed by atoms with Crippen LogP contribution < -0.4 is 10.1 Å². The lowest BCUT2D eigenvalue weighted by Crippen LogP contribution is -2.48. The summed E-state index contributed by atoms with van der Waals surface area (Å²) >= 11 is 6.48. The van der Waals surface area contributed by atoms with Crippen LogP contribution in [-0.4, -0.2) is 61.3 Å². The molecule has 2 aromatic rings. The second-order valence-corrected chi connectivity index (χ2v) is 8.63. The fourth-order valence-corrected chi connectivity index (χ4v) is 4.58. The highest BCUT2D eigenvalue weighted by molar-refractivity contribution is 6.31. The number of hydrogen-bond acceptors (Lipinski definition) is 5. The topological polar surface area (TPSA) is 54.0 Å². The van der Waals surface area contributed by atoms with E-state index < -0.39 is 6.09 Å². The molecule has 31 heavy (non-hydrogen) atoms. The van der Waals surface area contributed by atoms with Crippen molar-refractivity contribution < 1.29 is 14.3 Å². The molecule has 0 radical (unpaired) electrons. The quantitative estimate of drug-likeness (QED) is 0.734. The molecule has 0 unspecified atom stereocenters. The Balaban J connectivity index is 1.35. The Morgan fingerprint density at radius 2 is 1.84 bits per heavy atom. The average Bonchev–Trinajstić information content (AvgIpc) is 2.79. The van der Waals surface area contributed by atoms with Crippen molar-refractivity contribution in [3.8, 4) is 5.75 Å². The third kappa shape index (κ3) is 5.98. The van der Waals surface area contributed by atoms with E-state index in [2.05, 4.69) is 15.1 Å². The maximum absolute atomic E-state index is 12.3. The summed E-state index contributed by atoms with van der Waals surface area (Å²) in [6, 6.07) is 13.4. The predicted molar refractivity (Wildman–Crippen MR) is 123 cm³/mol. The van der Waals surface area contributed by atoms with Crippen LogP contribution in [0.15, 0.2) is 42.5 Å². The fourth-order valence-electron chi connectivity index (χ4n) is 4.34. The summed E-state index contributed by atoms with van der Waals surface area (Å²) in [5.74, 6) is 0.501. The predicted octanol–water partition coefficient (Wildman–Crippen LogP) is 4.56. The number of amides is 1. The molecular weight excluding hydrogens is 414 g/mol. The Hall–Kier alpha value is -2.12. The van der Waals surface area contributed by atoms with Crippen LogP contribution in [0.1, 0.15) is 24.0 Å². The summed E-state index contributed by atoms with van der Waals surface area (Å²) in [7, 11) is 0. The van der Waals surface area contributed by atoms with E-state index in [0.29, 0.717) is 22.5 Å². The monoisotopic (exact) mass is 443 g/mol. The third-order valence-corrected chi connectivity index (χ3v) is 6.56. The average molecular weight is 444 g/mol. The fraction of sp³-hybridized carbons (Fsp3) is 0.458. The number of halogens is 1. The van der Waals surface area contributed by atoms with Crippen LogP contribution in [-0.2, 0) is 11.3 Å². The first kappa shape index (κ1) is 22.1. The summed E-state index contributed by atoms with van der Waals surface area (Å²) in [5, 5.41) is 3.45. The van der Waals surface area contributed by atoms with E-state index in [-0.39, 0.29) is 0 Å². The van der Waals surface area contributed by atoms with Crippen LogP contribution in [0.4, 0.5) is 10.5 Å². The smallest absolute Gasteiger partial charge is 0.410 e. The molecule has 0 aromatic heterocycles. The summed E-state index contributed by atoms with van der Waals surface area (Å²) in [6.07, 6.45) is 1.82. The Morgan fingerprint density at radius 3 is 2.55 bits per heavy atom. The van der Waals surface area contributed by atoms with Gasteiger partial charge in [-0.05, 0) is 68.2 Å². The van der Waals surface area contributed by atoms with Gasteiger partial charge in [0.15, 0.2) is 0 Å². The van der Waals surface area contributed by atoms with Crippen molar-refractivity contribution in [3.05, 3.63) is 58.6 Å². The van der Waals surface area contributed by atoms with Gasteiger partial charge in [-0.15, -0.1) is 0 Å².